The Morgan fingerprint density at radius 1 is 1.15 bits per heavy atom. The van der Waals surface area contributed by atoms with Gasteiger partial charge < -0.3 is 4.74 Å². The van der Waals surface area contributed by atoms with Gasteiger partial charge in [0, 0.05) is 12.4 Å². The number of fused-ring (bicyclic) bond motifs is 1. The topological polar surface area (TPSA) is 89.5 Å². The summed E-state index contributed by atoms with van der Waals surface area (Å²) in [7, 11) is -2.39. The van der Waals surface area contributed by atoms with E-state index in [2.05, 4.69) is 9.97 Å². The summed E-state index contributed by atoms with van der Waals surface area (Å²) in [4.78, 5) is 23.5. The average molecular weight is 502 g/mol. The lowest BCUT2D eigenvalue weighted by molar-refractivity contribution is -0.116. The summed E-state index contributed by atoms with van der Waals surface area (Å²) < 4.78 is 31.8. The van der Waals surface area contributed by atoms with Crippen LogP contribution in [0.2, 0.25) is 5.02 Å². The Labute approximate surface area is 200 Å². The molecule has 10 heteroatoms. The maximum atomic E-state index is 13.3. The minimum Gasteiger partial charge on any atom is -0.497 e. The number of pyridine rings is 1. The number of thiazole rings is 1. The fourth-order valence-corrected chi connectivity index (χ4v) is 5.78. The van der Waals surface area contributed by atoms with Gasteiger partial charge in [0.1, 0.15) is 11.5 Å². The van der Waals surface area contributed by atoms with E-state index in [0.29, 0.717) is 21.4 Å². The molecular weight excluding hydrogens is 482 g/mol. The van der Waals surface area contributed by atoms with Crippen LogP contribution in [0.3, 0.4) is 0 Å². The molecule has 0 atom stereocenters. The Morgan fingerprint density at radius 2 is 1.91 bits per heavy atom. The lowest BCUT2D eigenvalue weighted by atomic mass is 10.2. The zero-order valence-corrected chi connectivity index (χ0v) is 20.2. The zero-order chi connectivity index (χ0) is 23.6. The van der Waals surface area contributed by atoms with E-state index >= 15 is 0 Å². The number of sulfone groups is 1. The van der Waals surface area contributed by atoms with Crippen LogP contribution in [0.25, 0.3) is 10.2 Å². The van der Waals surface area contributed by atoms with Crippen molar-refractivity contribution in [1.29, 1.82) is 0 Å². The van der Waals surface area contributed by atoms with Gasteiger partial charge in [-0.2, -0.15) is 0 Å². The van der Waals surface area contributed by atoms with Crippen molar-refractivity contribution in [3.8, 4) is 5.75 Å². The number of hydrogen-bond donors (Lipinski definition) is 0. The van der Waals surface area contributed by atoms with Crippen LogP contribution in [0.5, 0.6) is 5.75 Å². The van der Waals surface area contributed by atoms with E-state index in [1.807, 2.05) is 19.1 Å². The second-order valence-electron chi connectivity index (χ2n) is 7.31. The van der Waals surface area contributed by atoms with Crippen molar-refractivity contribution < 1.29 is 17.9 Å². The second kappa shape index (κ2) is 9.46. The van der Waals surface area contributed by atoms with Crippen molar-refractivity contribution in [1.82, 2.24) is 9.97 Å². The van der Waals surface area contributed by atoms with E-state index < -0.39 is 21.5 Å². The number of aryl methyl sites for hydroxylation is 1. The number of anilines is 1. The highest BCUT2D eigenvalue weighted by Crippen LogP contribution is 2.36. The van der Waals surface area contributed by atoms with Crippen LogP contribution in [0.1, 0.15) is 11.1 Å². The minimum atomic E-state index is -3.89. The number of amides is 1. The largest absolute Gasteiger partial charge is 0.497 e. The lowest BCUT2D eigenvalue weighted by Gasteiger charge is -2.20. The van der Waals surface area contributed by atoms with Crippen molar-refractivity contribution in [3.05, 3.63) is 77.1 Å². The molecule has 0 radical (unpaired) electrons. The molecule has 0 aliphatic heterocycles. The third-order valence-electron chi connectivity index (χ3n) is 5.01. The van der Waals surface area contributed by atoms with Crippen molar-refractivity contribution >= 4 is 54.0 Å². The number of methoxy groups -OCH3 is 1. The highest BCUT2D eigenvalue weighted by molar-refractivity contribution is 7.92. The molecule has 0 unspecified atom stereocenters. The molecule has 0 aliphatic carbocycles. The number of halogens is 1. The fraction of sp³-hybridized carbons (Fsp3) is 0.174. The molecule has 2 heterocycles. The van der Waals surface area contributed by atoms with Crippen molar-refractivity contribution in [2.45, 2.75) is 18.4 Å². The molecule has 0 N–H and O–H groups in total. The maximum Gasteiger partial charge on any atom is 0.244 e. The molecule has 1 amide bonds. The van der Waals surface area contributed by atoms with E-state index in [4.69, 9.17) is 16.3 Å². The van der Waals surface area contributed by atoms with Crippen LogP contribution in [0.15, 0.2) is 65.8 Å². The molecule has 4 rings (SSSR count). The van der Waals surface area contributed by atoms with Crippen molar-refractivity contribution in [2.75, 3.05) is 17.8 Å². The SMILES string of the molecule is COc1ccc(S(=O)(=O)CC(=O)N(Cc2cccnc2)c2nc3c(C)ccc(Cl)c3s2)cc1. The third kappa shape index (κ3) is 5.00. The first-order valence-electron chi connectivity index (χ1n) is 9.90. The van der Waals surface area contributed by atoms with E-state index in [1.54, 1.807) is 36.7 Å². The molecular formula is C23H20ClN3O4S2. The van der Waals surface area contributed by atoms with Crippen LogP contribution < -0.4 is 9.64 Å². The summed E-state index contributed by atoms with van der Waals surface area (Å²) in [6.07, 6.45) is 3.26. The summed E-state index contributed by atoms with van der Waals surface area (Å²) in [6, 6.07) is 13.1. The third-order valence-corrected chi connectivity index (χ3v) is 8.17. The lowest BCUT2D eigenvalue weighted by Crippen LogP contribution is -2.35. The summed E-state index contributed by atoms with van der Waals surface area (Å²) in [6.45, 7) is 2.03. The van der Waals surface area contributed by atoms with E-state index in [0.717, 1.165) is 15.8 Å². The molecule has 170 valence electrons. The fourth-order valence-electron chi connectivity index (χ4n) is 3.25. The smallest absolute Gasteiger partial charge is 0.244 e. The number of carbonyl (C=O) groups is 1. The Morgan fingerprint density at radius 3 is 2.55 bits per heavy atom. The van der Waals surface area contributed by atoms with E-state index in [-0.39, 0.29) is 11.4 Å². The van der Waals surface area contributed by atoms with Gasteiger partial charge in [0.15, 0.2) is 15.0 Å². The number of rotatable bonds is 7. The van der Waals surface area contributed by atoms with Gasteiger partial charge in [0.25, 0.3) is 0 Å². The Kier molecular flexibility index (Phi) is 6.64. The number of hydrogen-bond acceptors (Lipinski definition) is 7. The highest BCUT2D eigenvalue weighted by atomic mass is 35.5. The zero-order valence-electron chi connectivity index (χ0n) is 17.9. The molecule has 7 nitrogen and oxygen atoms in total. The highest BCUT2D eigenvalue weighted by Gasteiger charge is 2.27. The van der Waals surface area contributed by atoms with E-state index in [1.165, 1.54) is 35.5 Å². The van der Waals surface area contributed by atoms with Gasteiger partial charge in [-0.05, 0) is 54.4 Å². The molecule has 2 aromatic heterocycles. The normalized spacial score (nSPS) is 11.5. The molecule has 2 aromatic carbocycles. The summed E-state index contributed by atoms with van der Waals surface area (Å²) in [5, 5.41) is 0.902. The minimum absolute atomic E-state index is 0.0427. The summed E-state index contributed by atoms with van der Waals surface area (Å²) in [5.41, 5.74) is 2.34. The van der Waals surface area contributed by atoms with Crippen molar-refractivity contribution in [2.24, 2.45) is 0 Å². The van der Waals surface area contributed by atoms with Crippen LogP contribution in [-0.2, 0) is 21.2 Å². The van der Waals surface area contributed by atoms with Gasteiger partial charge in [0.2, 0.25) is 5.91 Å². The second-order valence-corrected chi connectivity index (χ2v) is 10.7. The molecule has 0 saturated heterocycles. The summed E-state index contributed by atoms with van der Waals surface area (Å²) >= 11 is 7.60. The number of aromatic nitrogens is 2. The molecule has 0 spiro atoms. The molecule has 0 bridgehead atoms. The standard InChI is InChI=1S/C23H20ClN3O4S2/c1-15-5-10-19(24)22-21(15)26-23(32-22)27(13-16-4-3-11-25-12-16)20(28)14-33(29,30)18-8-6-17(31-2)7-9-18/h3-12H,13-14H2,1-2H3. The van der Waals surface area contributed by atoms with Gasteiger partial charge in [-0.1, -0.05) is 35.1 Å². The number of benzene rings is 2. The van der Waals surface area contributed by atoms with Crippen LogP contribution in [0.4, 0.5) is 5.13 Å². The molecule has 0 fully saturated rings. The Balaban J connectivity index is 1.71. The predicted molar refractivity (Wildman–Crippen MR) is 130 cm³/mol. The molecule has 4 aromatic rings. The van der Waals surface area contributed by atoms with Crippen LogP contribution >= 0.6 is 22.9 Å². The molecule has 0 saturated carbocycles. The first-order chi connectivity index (χ1) is 15.8. The van der Waals surface area contributed by atoms with Crippen LogP contribution in [-0.4, -0.2) is 37.2 Å². The van der Waals surface area contributed by atoms with Crippen LogP contribution in [0, 0.1) is 6.92 Å². The van der Waals surface area contributed by atoms with Gasteiger partial charge in [-0.15, -0.1) is 0 Å². The first-order valence-corrected chi connectivity index (χ1v) is 12.7. The number of ether oxygens (including phenoxy) is 1. The van der Waals surface area contributed by atoms with Gasteiger partial charge in [0.05, 0.1) is 33.8 Å². The molecule has 0 aliphatic rings. The van der Waals surface area contributed by atoms with E-state index in [9.17, 15) is 13.2 Å². The number of carbonyl (C=O) groups excluding carboxylic acids is 1. The van der Waals surface area contributed by atoms with Crippen molar-refractivity contribution in [3.63, 3.8) is 0 Å². The maximum absolute atomic E-state index is 13.3. The predicted octanol–water partition coefficient (Wildman–Crippen LogP) is 4.67. The Hall–Kier alpha value is -3.01. The first kappa shape index (κ1) is 23.2. The van der Waals surface area contributed by atoms with Gasteiger partial charge in [-0.25, -0.2) is 13.4 Å². The quantitative estimate of drug-likeness (QED) is 0.365. The van der Waals surface area contributed by atoms with Gasteiger partial charge in [-0.3, -0.25) is 14.7 Å². The van der Waals surface area contributed by atoms with Gasteiger partial charge >= 0.3 is 0 Å². The monoisotopic (exact) mass is 501 g/mol. The Bertz CT molecular complexity index is 1370. The molecule has 33 heavy (non-hydrogen) atoms. The summed E-state index contributed by atoms with van der Waals surface area (Å²) in [5.74, 6) is -0.773. The number of nitrogens with zero attached hydrogens (tertiary/aromatic N) is 3. The average Bonchev–Trinajstić information content (AvgIpc) is 3.27.